The van der Waals surface area contributed by atoms with Gasteiger partial charge in [0.1, 0.15) is 0 Å². The van der Waals surface area contributed by atoms with Crippen molar-refractivity contribution >= 4 is 17.3 Å². The van der Waals surface area contributed by atoms with E-state index in [2.05, 4.69) is 4.90 Å². The lowest BCUT2D eigenvalue weighted by Crippen LogP contribution is -2.24. The maximum atomic E-state index is 11.6. The molecule has 1 aromatic carbocycles. The molecular formula is C15H19N3O3. The second kappa shape index (κ2) is 5.35. The van der Waals surface area contributed by atoms with Gasteiger partial charge in [-0.1, -0.05) is 12.8 Å². The van der Waals surface area contributed by atoms with Crippen LogP contribution in [-0.4, -0.2) is 23.9 Å². The Kier molecular flexibility index (Phi) is 3.53. The van der Waals surface area contributed by atoms with Crippen molar-refractivity contribution < 1.29 is 9.72 Å². The minimum absolute atomic E-state index is 0.0934. The Morgan fingerprint density at radius 3 is 2.38 bits per heavy atom. The molecule has 6 nitrogen and oxygen atoms in total. The first kappa shape index (κ1) is 13.9. The summed E-state index contributed by atoms with van der Waals surface area (Å²) in [4.78, 5) is 24.2. The number of nitro benzene ring substituents is 1. The number of nitro groups is 1. The van der Waals surface area contributed by atoms with Gasteiger partial charge in [0.25, 0.3) is 11.6 Å². The molecule has 2 atom stereocenters. The van der Waals surface area contributed by atoms with Crippen molar-refractivity contribution in [3.63, 3.8) is 0 Å². The normalized spacial score (nSPS) is 24.7. The number of amides is 1. The first-order valence-corrected chi connectivity index (χ1v) is 7.39. The standard InChI is InChI=1S/C15H19N3O3/c16-15(19)13-7-12(18(20)21)5-6-14(13)17-8-10-3-1-2-4-11(10)9-17/h5-7,10-11H,1-4,8-9H2,(H2,16,19). The fourth-order valence-electron chi connectivity index (χ4n) is 3.71. The van der Waals surface area contributed by atoms with E-state index in [-0.39, 0.29) is 11.3 Å². The Hall–Kier alpha value is -2.11. The van der Waals surface area contributed by atoms with Crippen molar-refractivity contribution in [3.8, 4) is 0 Å². The highest BCUT2D eigenvalue weighted by Gasteiger charge is 2.35. The third kappa shape index (κ3) is 2.57. The molecule has 2 unspecified atom stereocenters. The summed E-state index contributed by atoms with van der Waals surface area (Å²) in [6, 6.07) is 4.40. The van der Waals surface area contributed by atoms with E-state index in [1.54, 1.807) is 6.07 Å². The first-order chi connectivity index (χ1) is 10.1. The summed E-state index contributed by atoms with van der Waals surface area (Å²) in [5.74, 6) is 0.743. The van der Waals surface area contributed by atoms with Crippen molar-refractivity contribution in [3.05, 3.63) is 33.9 Å². The summed E-state index contributed by atoms with van der Waals surface area (Å²) in [5.41, 5.74) is 6.31. The molecule has 0 spiro atoms. The maximum absolute atomic E-state index is 11.6. The zero-order valence-corrected chi connectivity index (χ0v) is 11.8. The average Bonchev–Trinajstić information content (AvgIpc) is 2.90. The zero-order chi connectivity index (χ0) is 15.0. The van der Waals surface area contributed by atoms with Crippen LogP contribution in [-0.2, 0) is 0 Å². The number of carbonyl (C=O) groups is 1. The average molecular weight is 289 g/mol. The lowest BCUT2D eigenvalue weighted by Gasteiger charge is -2.22. The highest BCUT2D eigenvalue weighted by atomic mass is 16.6. The number of hydrogen-bond donors (Lipinski definition) is 1. The summed E-state index contributed by atoms with van der Waals surface area (Å²) < 4.78 is 0. The van der Waals surface area contributed by atoms with Gasteiger partial charge in [0.2, 0.25) is 0 Å². The molecule has 2 N–H and O–H groups in total. The van der Waals surface area contributed by atoms with E-state index in [0.29, 0.717) is 11.8 Å². The second-order valence-electron chi connectivity index (χ2n) is 6.03. The monoisotopic (exact) mass is 289 g/mol. The van der Waals surface area contributed by atoms with E-state index in [1.165, 1.54) is 37.8 Å². The number of anilines is 1. The minimum Gasteiger partial charge on any atom is -0.370 e. The molecule has 1 heterocycles. The van der Waals surface area contributed by atoms with Gasteiger partial charge in [-0.2, -0.15) is 0 Å². The fourth-order valence-corrected chi connectivity index (χ4v) is 3.71. The Morgan fingerprint density at radius 2 is 1.86 bits per heavy atom. The van der Waals surface area contributed by atoms with Gasteiger partial charge in [0.15, 0.2) is 0 Å². The van der Waals surface area contributed by atoms with Crippen molar-refractivity contribution in [2.45, 2.75) is 25.7 Å². The Labute approximate surface area is 123 Å². The predicted molar refractivity (Wildman–Crippen MR) is 79.3 cm³/mol. The van der Waals surface area contributed by atoms with Crippen molar-refractivity contribution in [2.75, 3.05) is 18.0 Å². The van der Waals surface area contributed by atoms with Crippen molar-refractivity contribution in [1.29, 1.82) is 0 Å². The third-order valence-corrected chi connectivity index (χ3v) is 4.77. The van der Waals surface area contributed by atoms with Crippen LogP contribution in [0.2, 0.25) is 0 Å². The number of fused-ring (bicyclic) bond motifs is 1. The molecule has 6 heteroatoms. The Balaban J connectivity index is 1.91. The van der Waals surface area contributed by atoms with Crippen LogP contribution < -0.4 is 10.6 Å². The molecule has 1 aliphatic carbocycles. The number of nitrogens with two attached hydrogens (primary N) is 1. The maximum Gasteiger partial charge on any atom is 0.270 e. The van der Waals surface area contributed by atoms with Crippen LogP contribution in [0.25, 0.3) is 0 Å². The largest absolute Gasteiger partial charge is 0.370 e. The van der Waals surface area contributed by atoms with Gasteiger partial charge >= 0.3 is 0 Å². The van der Waals surface area contributed by atoms with E-state index < -0.39 is 10.8 Å². The number of hydrogen-bond acceptors (Lipinski definition) is 4. The molecule has 0 aromatic heterocycles. The molecule has 3 rings (SSSR count). The number of benzene rings is 1. The lowest BCUT2D eigenvalue weighted by atomic mass is 9.82. The number of nitrogens with zero attached hydrogens (tertiary/aromatic N) is 2. The minimum atomic E-state index is -0.608. The molecule has 2 fully saturated rings. The van der Waals surface area contributed by atoms with E-state index in [0.717, 1.165) is 18.8 Å². The van der Waals surface area contributed by atoms with E-state index >= 15 is 0 Å². The smallest absolute Gasteiger partial charge is 0.270 e. The van der Waals surface area contributed by atoms with Gasteiger partial charge < -0.3 is 10.6 Å². The molecule has 1 aliphatic heterocycles. The molecule has 1 amide bonds. The molecule has 2 aliphatic rings. The van der Waals surface area contributed by atoms with Crippen LogP contribution in [0, 0.1) is 22.0 Å². The molecule has 0 radical (unpaired) electrons. The van der Waals surface area contributed by atoms with Gasteiger partial charge in [-0.05, 0) is 30.7 Å². The van der Waals surface area contributed by atoms with Gasteiger partial charge in [-0.15, -0.1) is 0 Å². The second-order valence-corrected chi connectivity index (χ2v) is 6.03. The summed E-state index contributed by atoms with van der Waals surface area (Å²) in [6.45, 7) is 1.84. The molecule has 21 heavy (non-hydrogen) atoms. The third-order valence-electron chi connectivity index (χ3n) is 4.77. The number of rotatable bonds is 3. The van der Waals surface area contributed by atoms with E-state index in [4.69, 9.17) is 5.73 Å². The van der Waals surface area contributed by atoms with Crippen LogP contribution in [0.3, 0.4) is 0 Å². The molecule has 0 bridgehead atoms. The van der Waals surface area contributed by atoms with Crippen molar-refractivity contribution in [1.82, 2.24) is 0 Å². The van der Waals surface area contributed by atoms with Gasteiger partial charge in [0, 0.05) is 25.2 Å². The van der Waals surface area contributed by atoms with Crippen molar-refractivity contribution in [2.24, 2.45) is 17.6 Å². The molecule has 1 saturated carbocycles. The highest BCUT2D eigenvalue weighted by molar-refractivity contribution is 5.99. The highest BCUT2D eigenvalue weighted by Crippen LogP contribution is 2.39. The van der Waals surface area contributed by atoms with Crippen LogP contribution in [0.1, 0.15) is 36.0 Å². The molecule has 112 valence electrons. The van der Waals surface area contributed by atoms with E-state index in [1.807, 2.05) is 0 Å². The quantitative estimate of drug-likeness (QED) is 0.683. The molecule has 1 aromatic rings. The molecule has 1 saturated heterocycles. The predicted octanol–water partition coefficient (Wildman–Crippen LogP) is 2.32. The van der Waals surface area contributed by atoms with E-state index in [9.17, 15) is 14.9 Å². The summed E-state index contributed by atoms with van der Waals surface area (Å²) in [7, 11) is 0. The summed E-state index contributed by atoms with van der Waals surface area (Å²) in [6.07, 6.45) is 5.02. The number of carbonyl (C=O) groups excluding carboxylic acids is 1. The lowest BCUT2D eigenvalue weighted by molar-refractivity contribution is -0.384. The van der Waals surface area contributed by atoms with Crippen LogP contribution >= 0.6 is 0 Å². The molecular weight excluding hydrogens is 270 g/mol. The number of primary amides is 1. The zero-order valence-electron chi connectivity index (χ0n) is 11.8. The Bertz CT molecular complexity index is 574. The summed E-state index contributed by atoms with van der Waals surface area (Å²) >= 11 is 0. The van der Waals surface area contributed by atoms with Gasteiger partial charge in [-0.3, -0.25) is 14.9 Å². The van der Waals surface area contributed by atoms with Crippen LogP contribution in [0.4, 0.5) is 11.4 Å². The number of non-ortho nitro benzene ring substituents is 1. The SMILES string of the molecule is NC(=O)c1cc([N+](=O)[O-])ccc1N1CC2CCCCC2C1. The first-order valence-electron chi connectivity index (χ1n) is 7.39. The fraction of sp³-hybridized carbons (Fsp3) is 0.533. The van der Waals surface area contributed by atoms with Gasteiger partial charge in [-0.25, -0.2) is 0 Å². The topological polar surface area (TPSA) is 89.5 Å². The van der Waals surface area contributed by atoms with Crippen LogP contribution in [0.15, 0.2) is 18.2 Å². The summed E-state index contributed by atoms with van der Waals surface area (Å²) in [5, 5.41) is 10.9. The van der Waals surface area contributed by atoms with Gasteiger partial charge in [0.05, 0.1) is 16.2 Å². The van der Waals surface area contributed by atoms with Crippen LogP contribution in [0.5, 0.6) is 0 Å². The Morgan fingerprint density at radius 1 is 1.24 bits per heavy atom.